The van der Waals surface area contributed by atoms with Gasteiger partial charge in [0.05, 0.1) is 0 Å². The van der Waals surface area contributed by atoms with Gasteiger partial charge in [-0.2, -0.15) is 5.26 Å². The van der Waals surface area contributed by atoms with Gasteiger partial charge in [0.15, 0.2) is 6.61 Å². The van der Waals surface area contributed by atoms with Crippen LogP contribution >= 0.6 is 0 Å². The molecule has 1 aromatic rings. The molecule has 1 aliphatic rings. The Morgan fingerprint density at radius 2 is 2.35 bits per heavy atom. The van der Waals surface area contributed by atoms with Crippen LogP contribution in [0.3, 0.4) is 0 Å². The number of likely N-dealkylation sites (tertiary alicyclic amines) is 1. The van der Waals surface area contributed by atoms with Crippen LogP contribution in [0.4, 0.5) is 0 Å². The summed E-state index contributed by atoms with van der Waals surface area (Å²) in [6.07, 6.45) is 1.20. The lowest BCUT2D eigenvalue weighted by molar-refractivity contribution is 0.174. The molecule has 2 atom stereocenters. The van der Waals surface area contributed by atoms with Gasteiger partial charge < -0.3 is 15.0 Å². The minimum atomic E-state index is 0.100. The van der Waals surface area contributed by atoms with Crippen molar-refractivity contribution < 1.29 is 4.74 Å². The van der Waals surface area contributed by atoms with Crippen LogP contribution in [0.15, 0.2) is 24.3 Å². The summed E-state index contributed by atoms with van der Waals surface area (Å²) >= 11 is 0. The van der Waals surface area contributed by atoms with E-state index < -0.39 is 0 Å². The third-order valence-corrected chi connectivity index (χ3v) is 3.88. The van der Waals surface area contributed by atoms with Gasteiger partial charge in [-0.25, -0.2) is 0 Å². The first-order valence-electron chi connectivity index (χ1n) is 7.19. The largest absolute Gasteiger partial charge is 0.479 e. The molecular formula is C16H23N3O. The summed E-state index contributed by atoms with van der Waals surface area (Å²) < 4.78 is 5.33. The van der Waals surface area contributed by atoms with Crippen molar-refractivity contribution in [3.05, 3.63) is 29.8 Å². The zero-order valence-electron chi connectivity index (χ0n) is 12.3. The number of rotatable bonds is 5. The van der Waals surface area contributed by atoms with E-state index in [2.05, 4.69) is 30.3 Å². The maximum absolute atomic E-state index is 8.53. The summed E-state index contributed by atoms with van der Waals surface area (Å²) in [5, 5.41) is 12.2. The minimum Gasteiger partial charge on any atom is -0.479 e. The van der Waals surface area contributed by atoms with Crippen molar-refractivity contribution in [2.45, 2.75) is 25.9 Å². The Morgan fingerprint density at radius 3 is 3.10 bits per heavy atom. The first-order chi connectivity index (χ1) is 9.69. The van der Waals surface area contributed by atoms with E-state index in [0.717, 1.165) is 25.4 Å². The molecule has 1 heterocycles. The van der Waals surface area contributed by atoms with Gasteiger partial charge in [-0.3, -0.25) is 0 Å². The highest BCUT2D eigenvalue weighted by atomic mass is 16.5. The molecule has 0 spiro atoms. The first kappa shape index (κ1) is 14.8. The Morgan fingerprint density at radius 1 is 1.50 bits per heavy atom. The normalized spacial score (nSPS) is 23.2. The molecule has 2 rings (SSSR count). The summed E-state index contributed by atoms with van der Waals surface area (Å²) in [4.78, 5) is 2.39. The summed E-state index contributed by atoms with van der Waals surface area (Å²) in [6, 6.07) is 10.5. The number of ether oxygens (including phenoxy) is 1. The quantitative estimate of drug-likeness (QED) is 0.891. The molecule has 20 heavy (non-hydrogen) atoms. The molecule has 0 radical (unpaired) electrons. The highest BCUT2D eigenvalue weighted by Gasteiger charge is 2.23. The van der Waals surface area contributed by atoms with E-state index in [1.807, 2.05) is 24.3 Å². The zero-order valence-corrected chi connectivity index (χ0v) is 12.3. The molecule has 1 fully saturated rings. The van der Waals surface area contributed by atoms with E-state index in [4.69, 9.17) is 10.00 Å². The second kappa shape index (κ2) is 7.28. The fraction of sp³-hybridized carbons (Fsp3) is 0.562. The molecule has 0 saturated carbocycles. The van der Waals surface area contributed by atoms with Crippen LogP contribution in [0, 0.1) is 17.2 Å². The van der Waals surface area contributed by atoms with Crippen LogP contribution in [-0.4, -0.2) is 37.7 Å². The fourth-order valence-electron chi connectivity index (χ4n) is 2.77. The predicted molar refractivity (Wildman–Crippen MR) is 79.5 cm³/mol. The van der Waals surface area contributed by atoms with E-state index in [0.29, 0.717) is 12.0 Å². The summed E-state index contributed by atoms with van der Waals surface area (Å²) in [5.41, 5.74) is 1.20. The highest BCUT2D eigenvalue weighted by Crippen LogP contribution is 2.17. The number of benzene rings is 1. The van der Waals surface area contributed by atoms with E-state index in [1.54, 1.807) is 0 Å². The molecule has 4 heteroatoms. The third kappa shape index (κ3) is 4.22. The maximum atomic E-state index is 8.53. The minimum absolute atomic E-state index is 0.100. The van der Waals surface area contributed by atoms with Gasteiger partial charge in [0.2, 0.25) is 0 Å². The van der Waals surface area contributed by atoms with E-state index in [1.165, 1.54) is 12.0 Å². The van der Waals surface area contributed by atoms with Crippen LogP contribution in [0.5, 0.6) is 5.75 Å². The van der Waals surface area contributed by atoms with E-state index >= 15 is 0 Å². The Labute approximate surface area is 121 Å². The highest BCUT2D eigenvalue weighted by molar-refractivity contribution is 5.28. The molecule has 0 bridgehead atoms. The third-order valence-electron chi connectivity index (χ3n) is 3.88. The van der Waals surface area contributed by atoms with Crippen molar-refractivity contribution in [3.8, 4) is 11.8 Å². The molecule has 0 amide bonds. The predicted octanol–water partition coefficient (Wildman–Crippen LogP) is 2.02. The second-order valence-corrected chi connectivity index (χ2v) is 5.61. The van der Waals surface area contributed by atoms with Gasteiger partial charge in [0.25, 0.3) is 0 Å². The Hall–Kier alpha value is -1.57. The smallest absolute Gasteiger partial charge is 0.174 e. The van der Waals surface area contributed by atoms with E-state index in [-0.39, 0.29) is 6.61 Å². The van der Waals surface area contributed by atoms with Crippen molar-refractivity contribution >= 4 is 0 Å². The molecule has 4 nitrogen and oxygen atoms in total. The van der Waals surface area contributed by atoms with Crippen LogP contribution in [0.1, 0.15) is 18.9 Å². The molecule has 1 saturated heterocycles. The SMILES string of the molecule is CC1CN(C)CCC1NCc1cccc(OCC#N)c1. The summed E-state index contributed by atoms with van der Waals surface area (Å²) in [7, 11) is 2.18. The van der Waals surface area contributed by atoms with Crippen molar-refractivity contribution in [1.82, 2.24) is 10.2 Å². The van der Waals surface area contributed by atoms with Crippen LogP contribution in [0.2, 0.25) is 0 Å². The zero-order chi connectivity index (χ0) is 14.4. The average Bonchev–Trinajstić information content (AvgIpc) is 2.45. The van der Waals surface area contributed by atoms with Gasteiger partial charge in [-0.1, -0.05) is 19.1 Å². The Kier molecular flexibility index (Phi) is 5.40. The van der Waals surface area contributed by atoms with Crippen molar-refractivity contribution in [1.29, 1.82) is 5.26 Å². The second-order valence-electron chi connectivity index (χ2n) is 5.61. The molecule has 0 aliphatic carbocycles. The molecule has 2 unspecified atom stereocenters. The van der Waals surface area contributed by atoms with Crippen LogP contribution in [-0.2, 0) is 6.54 Å². The van der Waals surface area contributed by atoms with Crippen molar-refractivity contribution in [3.63, 3.8) is 0 Å². The van der Waals surface area contributed by atoms with Crippen LogP contribution < -0.4 is 10.1 Å². The fourth-order valence-corrected chi connectivity index (χ4v) is 2.77. The molecular weight excluding hydrogens is 250 g/mol. The summed E-state index contributed by atoms with van der Waals surface area (Å²) in [6.45, 7) is 5.57. The number of nitriles is 1. The maximum Gasteiger partial charge on any atom is 0.174 e. The Balaban J connectivity index is 1.86. The lowest BCUT2D eigenvalue weighted by Gasteiger charge is -2.35. The van der Waals surface area contributed by atoms with Gasteiger partial charge in [0, 0.05) is 19.1 Å². The lowest BCUT2D eigenvalue weighted by Crippen LogP contribution is -2.46. The molecule has 1 aromatic carbocycles. The molecule has 1 aliphatic heterocycles. The molecule has 1 N–H and O–H groups in total. The number of hydrogen-bond acceptors (Lipinski definition) is 4. The van der Waals surface area contributed by atoms with Gasteiger partial charge in [-0.15, -0.1) is 0 Å². The summed E-state index contributed by atoms with van der Waals surface area (Å²) in [5.74, 6) is 1.44. The molecule has 108 valence electrons. The Bertz CT molecular complexity index is 469. The number of nitrogens with one attached hydrogen (secondary N) is 1. The van der Waals surface area contributed by atoms with E-state index in [9.17, 15) is 0 Å². The van der Waals surface area contributed by atoms with Crippen molar-refractivity contribution in [2.75, 3.05) is 26.7 Å². The number of hydrogen-bond donors (Lipinski definition) is 1. The van der Waals surface area contributed by atoms with Gasteiger partial charge in [0.1, 0.15) is 11.8 Å². The number of nitrogens with zero attached hydrogens (tertiary/aromatic N) is 2. The van der Waals surface area contributed by atoms with Gasteiger partial charge in [-0.05, 0) is 43.6 Å². The number of piperidine rings is 1. The van der Waals surface area contributed by atoms with Crippen LogP contribution in [0.25, 0.3) is 0 Å². The monoisotopic (exact) mass is 273 g/mol. The van der Waals surface area contributed by atoms with Crippen molar-refractivity contribution in [2.24, 2.45) is 5.92 Å². The first-order valence-corrected chi connectivity index (χ1v) is 7.19. The standard InChI is InChI=1S/C16H23N3O/c1-13-12-19(2)8-6-16(13)18-11-14-4-3-5-15(10-14)20-9-7-17/h3-5,10,13,16,18H,6,8-9,11-12H2,1-2H3. The lowest BCUT2D eigenvalue weighted by atomic mass is 9.94. The van der Waals surface area contributed by atoms with Gasteiger partial charge >= 0.3 is 0 Å². The topological polar surface area (TPSA) is 48.3 Å². The average molecular weight is 273 g/mol. The molecule has 0 aromatic heterocycles.